The van der Waals surface area contributed by atoms with E-state index in [1.54, 1.807) is 12.1 Å². The zero-order valence-corrected chi connectivity index (χ0v) is 12.2. The fourth-order valence-electron chi connectivity index (χ4n) is 1.75. The highest BCUT2D eigenvalue weighted by molar-refractivity contribution is 5.88. The molecule has 1 aromatic rings. The van der Waals surface area contributed by atoms with Crippen LogP contribution in [0.5, 0.6) is 0 Å². The average molecular weight is 277 g/mol. The van der Waals surface area contributed by atoms with Crippen molar-refractivity contribution < 1.29 is 9.59 Å². The van der Waals surface area contributed by atoms with E-state index in [2.05, 4.69) is 22.9 Å². The van der Waals surface area contributed by atoms with Gasteiger partial charge in [0, 0.05) is 25.7 Å². The number of rotatable bonds is 8. The number of benzene rings is 1. The lowest BCUT2D eigenvalue weighted by molar-refractivity contribution is -0.120. The Bertz CT molecular complexity index is 429. The SMILES string of the molecule is CCCNCCNC(=O)Cc1ccc(NC(C)=O)cc1. The van der Waals surface area contributed by atoms with Gasteiger partial charge < -0.3 is 16.0 Å². The Balaban J connectivity index is 2.29. The Morgan fingerprint density at radius 2 is 1.75 bits per heavy atom. The van der Waals surface area contributed by atoms with Gasteiger partial charge in [-0.25, -0.2) is 0 Å². The summed E-state index contributed by atoms with van der Waals surface area (Å²) in [5, 5.41) is 8.78. The third kappa shape index (κ3) is 6.89. The highest BCUT2D eigenvalue weighted by Crippen LogP contribution is 2.09. The van der Waals surface area contributed by atoms with Crippen LogP contribution in [0.3, 0.4) is 0 Å². The van der Waals surface area contributed by atoms with E-state index in [1.807, 2.05) is 12.1 Å². The molecule has 5 nitrogen and oxygen atoms in total. The summed E-state index contributed by atoms with van der Waals surface area (Å²) in [5.41, 5.74) is 1.67. The molecule has 1 aromatic carbocycles. The number of amides is 2. The van der Waals surface area contributed by atoms with Crippen LogP contribution in [0.15, 0.2) is 24.3 Å². The molecule has 0 aromatic heterocycles. The van der Waals surface area contributed by atoms with Gasteiger partial charge in [0.15, 0.2) is 0 Å². The topological polar surface area (TPSA) is 70.2 Å². The average Bonchev–Trinajstić information content (AvgIpc) is 2.40. The Morgan fingerprint density at radius 3 is 2.35 bits per heavy atom. The van der Waals surface area contributed by atoms with Crippen molar-refractivity contribution >= 4 is 17.5 Å². The van der Waals surface area contributed by atoms with Crippen molar-refractivity contribution in [2.45, 2.75) is 26.7 Å². The van der Waals surface area contributed by atoms with Gasteiger partial charge >= 0.3 is 0 Å². The van der Waals surface area contributed by atoms with Crippen molar-refractivity contribution in [2.75, 3.05) is 25.0 Å². The summed E-state index contributed by atoms with van der Waals surface area (Å²) in [5.74, 6) is -0.0920. The molecule has 0 saturated heterocycles. The summed E-state index contributed by atoms with van der Waals surface area (Å²) in [7, 11) is 0. The van der Waals surface area contributed by atoms with E-state index in [1.165, 1.54) is 6.92 Å². The second-order valence-corrected chi connectivity index (χ2v) is 4.65. The highest BCUT2D eigenvalue weighted by atomic mass is 16.2. The second-order valence-electron chi connectivity index (χ2n) is 4.65. The maximum absolute atomic E-state index is 11.7. The van der Waals surface area contributed by atoms with Gasteiger partial charge in [0.25, 0.3) is 0 Å². The quantitative estimate of drug-likeness (QED) is 0.627. The molecule has 1 rings (SSSR count). The first kappa shape index (κ1) is 16.2. The Kier molecular flexibility index (Phi) is 7.35. The van der Waals surface area contributed by atoms with Crippen LogP contribution in [0.4, 0.5) is 5.69 Å². The smallest absolute Gasteiger partial charge is 0.224 e. The minimum atomic E-state index is -0.102. The second kappa shape index (κ2) is 9.09. The van der Waals surface area contributed by atoms with Gasteiger partial charge in [-0.2, -0.15) is 0 Å². The fraction of sp³-hybridized carbons (Fsp3) is 0.467. The van der Waals surface area contributed by atoms with E-state index < -0.39 is 0 Å². The molecular weight excluding hydrogens is 254 g/mol. The van der Waals surface area contributed by atoms with Gasteiger partial charge in [-0.3, -0.25) is 9.59 Å². The molecule has 20 heavy (non-hydrogen) atoms. The van der Waals surface area contributed by atoms with E-state index in [9.17, 15) is 9.59 Å². The maximum Gasteiger partial charge on any atom is 0.224 e. The first-order valence-electron chi connectivity index (χ1n) is 6.95. The lowest BCUT2D eigenvalue weighted by Gasteiger charge is -2.07. The normalized spacial score (nSPS) is 10.1. The minimum absolute atomic E-state index is 0.00979. The highest BCUT2D eigenvalue weighted by Gasteiger charge is 2.03. The Labute approximate surface area is 120 Å². The number of carbonyl (C=O) groups excluding carboxylic acids is 2. The van der Waals surface area contributed by atoms with Crippen LogP contribution >= 0.6 is 0 Å². The summed E-state index contributed by atoms with van der Waals surface area (Å²) in [6.07, 6.45) is 1.45. The van der Waals surface area contributed by atoms with Crippen LogP contribution in [-0.2, 0) is 16.0 Å². The van der Waals surface area contributed by atoms with E-state index in [0.29, 0.717) is 13.0 Å². The summed E-state index contributed by atoms with van der Waals surface area (Å²) >= 11 is 0. The lowest BCUT2D eigenvalue weighted by Crippen LogP contribution is -2.32. The molecule has 0 saturated carbocycles. The monoisotopic (exact) mass is 277 g/mol. The number of carbonyl (C=O) groups is 2. The molecule has 0 spiro atoms. The summed E-state index contributed by atoms with van der Waals surface area (Å²) in [6.45, 7) is 5.98. The van der Waals surface area contributed by atoms with Crippen LogP contribution in [0.2, 0.25) is 0 Å². The molecule has 0 unspecified atom stereocenters. The molecule has 110 valence electrons. The van der Waals surface area contributed by atoms with Crippen LogP contribution in [0.25, 0.3) is 0 Å². The molecule has 0 aliphatic carbocycles. The predicted octanol–water partition coefficient (Wildman–Crippen LogP) is 1.30. The van der Waals surface area contributed by atoms with Crippen LogP contribution in [0.1, 0.15) is 25.8 Å². The van der Waals surface area contributed by atoms with Crippen molar-refractivity contribution in [3.63, 3.8) is 0 Å². The molecule has 0 heterocycles. The molecule has 0 aliphatic rings. The summed E-state index contributed by atoms with van der Waals surface area (Å²) in [6, 6.07) is 7.29. The molecule has 0 fully saturated rings. The molecule has 0 radical (unpaired) electrons. The molecule has 0 bridgehead atoms. The molecule has 2 amide bonds. The Hall–Kier alpha value is -1.88. The van der Waals surface area contributed by atoms with E-state index in [0.717, 1.165) is 30.8 Å². The van der Waals surface area contributed by atoms with Crippen LogP contribution in [-0.4, -0.2) is 31.4 Å². The van der Waals surface area contributed by atoms with Crippen molar-refractivity contribution in [2.24, 2.45) is 0 Å². The number of nitrogens with one attached hydrogen (secondary N) is 3. The lowest BCUT2D eigenvalue weighted by atomic mass is 10.1. The Morgan fingerprint density at radius 1 is 1.05 bits per heavy atom. The molecular formula is C15H23N3O2. The van der Waals surface area contributed by atoms with Gasteiger partial charge in [0.2, 0.25) is 11.8 Å². The fourth-order valence-corrected chi connectivity index (χ4v) is 1.75. The minimum Gasteiger partial charge on any atom is -0.355 e. The summed E-state index contributed by atoms with van der Waals surface area (Å²) < 4.78 is 0. The van der Waals surface area contributed by atoms with Crippen molar-refractivity contribution in [1.82, 2.24) is 10.6 Å². The van der Waals surface area contributed by atoms with Gasteiger partial charge in [0.1, 0.15) is 0 Å². The zero-order chi connectivity index (χ0) is 14.8. The van der Waals surface area contributed by atoms with Crippen LogP contribution in [0, 0.1) is 0 Å². The number of hydrogen-bond acceptors (Lipinski definition) is 3. The summed E-state index contributed by atoms with van der Waals surface area (Å²) in [4.78, 5) is 22.6. The van der Waals surface area contributed by atoms with Gasteiger partial charge in [-0.05, 0) is 30.7 Å². The van der Waals surface area contributed by atoms with Gasteiger partial charge in [-0.15, -0.1) is 0 Å². The maximum atomic E-state index is 11.7. The zero-order valence-electron chi connectivity index (χ0n) is 12.2. The van der Waals surface area contributed by atoms with E-state index in [-0.39, 0.29) is 11.8 Å². The standard InChI is InChI=1S/C15H23N3O2/c1-3-8-16-9-10-17-15(20)11-13-4-6-14(7-5-13)18-12(2)19/h4-7,16H,3,8-11H2,1-2H3,(H,17,20)(H,18,19). The molecule has 5 heteroatoms. The van der Waals surface area contributed by atoms with Crippen LogP contribution < -0.4 is 16.0 Å². The van der Waals surface area contributed by atoms with Crippen molar-refractivity contribution in [3.8, 4) is 0 Å². The number of hydrogen-bond donors (Lipinski definition) is 3. The molecule has 0 aliphatic heterocycles. The third-order valence-corrected chi connectivity index (χ3v) is 2.69. The first-order valence-corrected chi connectivity index (χ1v) is 6.95. The van der Waals surface area contributed by atoms with Gasteiger partial charge in [-0.1, -0.05) is 19.1 Å². The molecule has 0 atom stereocenters. The van der Waals surface area contributed by atoms with E-state index in [4.69, 9.17) is 0 Å². The van der Waals surface area contributed by atoms with Crippen molar-refractivity contribution in [3.05, 3.63) is 29.8 Å². The molecule has 3 N–H and O–H groups in total. The van der Waals surface area contributed by atoms with Gasteiger partial charge in [0.05, 0.1) is 6.42 Å². The predicted molar refractivity (Wildman–Crippen MR) is 80.6 cm³/mol. The first-order chi connectivity index (χ1) is 9.61. The number of anilines is 1. The third-order valence-electron chi connectivity index (χ3n) is 2.69. The largest absolute Gasteiger partial charge is 0.355 e. The van der Waals surface area contributed by atoms with E-state index >= 15 is 0 Å². The van der Waals surface area contributed by atoms with Crippen molar-refractivity contribution in [1.29, 1.82) is 0 Å².